The third kappa shape index (κ3) is 7.71. The van der Waals surface area contributed by atoms with Crippen LogP contribution in [0.2, 0.25) is 5.02 Å². The van der Waals surface area contributed by atoms with E-state index in [0.29, 0.717) is 17.2 Å². The maximum absolute atomic E-state index is 13.2. The summed E-state index contributed by atoms with van der Waals surface area (Å²) in [4.78, 5) is 27.8. The van der Waals surface area contributed by atoms with Gasteiger partial charge in [0.25, 0.3) is 5.91 Å². The van der Waals surface area contributed by atoms with Crippen LogP contribution < -0.4 is 14.8 Å². The Hall–Kier alpha value is -2.25. The van der Waals surface area contributed by atoms with E-state index >= 15 is 0 Å². The largest absolute Gasteiger partial charge is 0.497 e. The summed E-state index contributed by atoms with van der Waals surface area (Å²) in [6, 6.07) is 11.9. The number of amides is 2. The molecule has 2 aromatic rings. The number of carbonyl (C=O) groups excluding carboxylic acids is 2. The van der Waals surface area contributed by atoms with Gasteiger partial charge in [-0.05, 0) is 63.1 Å². The van der Waals surface area contributed by atoms with Crippen molar-refractivity contribution >= 4 is 39.3 Å². The molecule has 0 fully saturated rings. The number of benzene rings is 2. The maximum atomic E-state index is 13.2. The van der Waals surface area contributed by atoms with Crippen molar-refractivity contribution in [2.24, 2.45) is 0 Å². The molecule has 0 radical (unpaired) electrons. The van der Waals surface area contributed by atoms with E-state index in [0.717, 1.165) is 15.8 Å². The van der Waals surface area contributed by atoms with Gasteiger partial charge in [-0.3, -0.25) is 9.59 Å². The number of carbonyl (C=O) groups is 2. The third-order valence-electron chi connectivity index (χ3n) is 4.64. The summed E-state index contributed by atoms with van der Waals surface area (Å²) < 4.78 is 11.7. The summed E-state index contributed by atoms with van der Waals surface area (Å²) in [5.41, 5.74) is 0.462. The second kappa shape index (κ2) is 11.6. The molecule has 8 heteroatoms. The summed E-state index contributed by atoms with van der Waals surface area (Å²) in [6.45, 7) is 7.63. The molecule has 0 aliphatic carbocycles. The van der Waals surface area contributed by atoms with Gasteiger partial charge in [0.1, 0.15) is 17.5 Å². The number of hydrogen-bond donors (Lipinski definition) is 1. The summed E-state index contributed by atoms with van der Waals surface area (Å²) in [6.07, 6.45) is 0.461. The number of nitrogens with zero attached hydrogens (tertiary/aromatic N) is 1. The second-order valence-electron chi connectivity index (χ2n) is 8.40. The fourth-order valence-electron chi connectivity index (χ4n) is 3.11. The number of halogens is 2. The monoisotopic (exact) mass is 524 g/mol. The topological polar surface area (TPSA) is 67.9 Å². The van der Waals surface area contributed by atoms with Gasteiger partial charge in [0.05, 0.1) is 12.1 Å². The van der Waals surface area contributed by atoms with Gasteiger partial charge in [0.2, 0.25) is 5.91 Å². The van der Waals surface area contributed by atoms with Crippen LogP contribution in [-0.4, -0.2) is 42.0 Å². The molecule has 1 N–H and O–H groups in total. The first kappa shape index (κ1) is 26.0. The van der Waals surface area contributed by atoms with Crippen LogP contribution in [0.4, 0.5) is 0 Å². The molecule has 0 saturated heterocycles. The van der Waals surface area contributed by atoms with E-state index in [9.17, 15) is 9.59 Å². The van der Waals surface area contributed by atoms with Crippen LogP contribution in [0, 0.1) is 0 Å². The van der Waals surface area contributed by atoms with Crippen LogP contribution in [0.25, 0.3) is 0 Å². The van der Waals surface area contributed by atoms with Crippen molar-refractivity contribution < 1.29 is 19.1 Å². The van der Waals surface area contributed by atoms with Crippen molar-refractivity contribution in [3.63, 3.8) is 0 Å². The van der Waals surface area contributed by atoms with Crippen molar-refractivity contribution in [1.82, 2.24) is 10.2 Å². The fraction of sp³-hybridized carbons (Fsp3) is 0.417. The normalized spacial score (nSPS) is 12.1. The first-order valence-corrected chi connectivity index (χ1v) is 11.5. The van der Waals surface area contributed by atoms with Crippen LogP contribution in [0.1, 0.15) is 39.7 Å². The van der Waals surface area contributed by atoms with Crippen LogP contribution in [0.15, 0.2) is 46.9 Å². The minimum absolute atomic E-state index is 0.205. The lowest BCUT2D eigenvalue weighted by Crippen LogP contribution is -2.54. The van der Waals surface area contributed by atoms with Crippen LogP contribution in [-0.2, 0) is 16.1 Å². The molecular formula is C24H30BrClN2O4. The first-order valence-electron chi connectivity index (χ1n) is 10.4. The second-order valence-corrected chi connectivity index (χ2v) is 9.72. The average Bonchev–Trinajstić information content (AvgIpc) is 2.72. The van der Waals surface area contributed by atoms with Gasteiger partial charge in [-0.25, -0.2) is 0 Å². The van der Waals surface area contributed by atoms with E-state index in [1.54, 1.807) is 30.2 Å². The van der Waals surface area contributed by atoms with Crippen molar-refractivity contribution in [3.8, 4) is 11.5 Å². The summed E-state index contributed by atoms with van der Waals surface area (Å²) in [5, 5.41) is 3.37. The lowest BCUT2D eigenvalue weighted by molar-refractivity contribution is -0.143. The molecule has 0 aliphatic rings. The Labute approximate surface area is 203 Å². The Morgan fingerprint density at radius 1 is 1.16 bits per heavy atom. The Morgan fingerprint density at radius 3 is 2.34 bits per heavy atom. The number of nitrogens with one attached hydrogen (secondary N) is 1. The molecule has 2 aromatic carbocycles. The van der Waals surface area contributed by atoms with Gasteiger partial charge in [0.15, 0.2) is 6.61 Å². The van der Waals surface area contributed by atoms with Gasteiger partial charge in [-0.15, -0.1) is 0 Å². The van der Waals surface area contributed by atoms with E-state index in [1.165, 1.54) is 0 Å². The third-order valence-corrected chi connectivity index (χ3v) is 5.43. The van der Waals surface area contributed by atoms with E-state index in [4.69, 9.17) is 21.1 Å². The smallest absolute Gasteiger partial charge is 0.261 e. The van der Waals surface area contributed by atoms with E-state index in [1.807, 2.05) is 52.0 Å². The Bertz CT molecular complexity index is 929. The Kier molecular flexibility index (Phi) is 9.40. The summed E-state index contributed by atoms with van der Waals surface area (Å²) in [7, 11) is 1.60. The predicted molar refractivity (Wildman–Crippen MR) is 130 cm³/mol. The lowest BCUT2D eigenvalue weighted by atomic mass is 10.1. The molecule has 0 bridgehead atoms. The first-order chi connectivity index (χ1) is 15.0. The zero-order valence-corrected chi connectivity index (χ0v) is 21.4. The van der Waals surface area contributed by atoms with Gasteiger partial charge >= 0.3 is 0 Å². The summed E-state index contributed by atoms with van der Waals surface area (Å²) in [5.74, 6) is 0.608. The average molecular weight is 526 g/mol. The highest BCUT2D eigenvalue weighted by Crippen LogP contribution is 2.28. The van der Waals surface area contributed by atoms with Crippen molar-refractivity contribution in [1.29, 1.82) is 0 Å². The molecular weight excluding hydrogens is 496 g/mol. The van der Waals surface area contributed by atoms with Gasteiger partial charge in [-0.2, -0.15) is 0 Å². The molecule has 174 valence electrons. The minimum Gasteiger partial charge on any atom is -0.497 e. The number of hydrogen-bond acceptors (Lipinski definition) is 4. The highest BCUT2D eigenvalue weighted by atomic mass is 79.9. The molecule has 0 saturated carbocycles. The Balaban J connectivity index is 2.25. The SMILES string of the molecule is CCC(C(=O)NC(C)(C)C)N(Cc1ccc(OC)cc1)C(=O)COc1ccc(Br)cc1Cl. The molecule has 32 heavy (non-hydrogen) atoms. The van der Waals surface area contributed by atoms with Crippen LogP contribution >= 0.6 is 27.5 Å². The van der Waals surface area contributed by atoms with E-state index in [-0.39, 0.29) is 25.0 Å². The van der Waals surface area contributed by atoms with E-state index in [2.05, 4.69) is 21.2 Å². The molecule has 2 amide bonds. The van der Waals surface area contributed by atoms with Gasteiger partial charge in [0, 0.05) is 16.6 Å². The van der Waals surface area contributed by atoms with Crippen molar-refractivity contribution in [2.75, 3.05) is 13.7 Å². The van der Waals surface area contributed by atoms with Gasteiger partial charge in [-0.1, -0.05) is 46.6 Å². The highest BCUT2D eigenvalue weighted by Gasteiger charge is 2.31. The Morgan fingerprint density at radius 2 is 1.81 bits per heavy atom. The van der Waals surface area contributed by atoms with E-state index < -0.39 is 11.6 Å². The molecule has 1 atom stereocenters. The zero-order valence-electron chi connectivity index (χ0n) is 19.1. The lowest BCUT2D eigenvalue weighted by Gasteiger charge is -2.33. The maximum Gasteiger partial charge on any atom is 0.261 e. The van der Waals surface area contributed by atoms with Gasteiger partial charge < -0.3 is 19.7 Å². The number of rotatable bonds is 9. The molecule has 0 spiro atoms. The highest BCUT2D eigenvalue weighted by molar-refractivity contribution is 9.10. The quantitative estimate of drug-likeness (QED) is 0.488. The van der Waals surface area contributed by atoms with Crippen molar-refractivity contribution in [2.45, 2.75) is 52.2 Å². The molecule has 2 rings (SSSR count). The molecule has 0 heterocycles. The predicted octanol–water partition coefficient (Wildman–Crippen LogP) is 5.21. The fourth-order valence-corrected chi connectivity index (χ4v) is 3.84. The molecule has 0 aromatic heterocycles. The molecule has 0 aliphatic heterocycles. The number of ether oxygens (including phenoxy) is 2. The number of methoxy groups -OCH3 is 1. The molecule has 6 nitrogen and oxygen atoms in total. The summed E-state index contributed by atoms with van der Waals surface area (Å²) >= 11 is 9.55. The van der Waals surface area contributed by atoms with Crippen LogP contribution in [0.3, 0.4) is 0 Å². The van der Waals surface area contributed by atoms with Crippen LogP contribution in [0.5, 0.6) is 11.5 Å². The van der Waals surface area contributed by atoms with Crippen molar-refractivity contribution in [3.05, 3.63) is 57.5 Å². The standard InChI is InChI=1S/C24H30BrClN2O4/c1-6-20(23(30)27-24(2,3)4)28(14-16-7-10-18(31-5)11-8-16)22(29)15-32-21-12-9-17(25)13-19(21)26/h7-13,20H,6,14-15H2,1-5H3,(H,27,30). The molecule has 1 unspecified atom stereocenters. The zero-order chi connectivity index (χ0) is 23.9. The minimum atomic E-state index is -0.646.